The quantitative estimate of drug-likeness (QED) is 0.923. The van der Waals surface area contributed by atoms with E-state index >= 15 is 0 Å². The average molecular weight is 317 g/mol. The van der Waals surface area contributed by atoms with Crippen molar-refractivity contribution in [2.24, 2.45) is 5.92 Å². The minimum Gasteiger partial charge on any atom is -0.378 e. The van der Waals surface area contributed by atoms with Crippen LogP contribution in [0.4, 0.5) is 5.13 Å². The van der Waals surface area contributed by atoms with Crippen LogP contribution in [-0.2, 0) is 4.74 Å². The van der Waals surface area contributed by atoms with Gasteiger partial charge in [-0.2, -0.15) is 0 Å². The number of fused-ring (bicyclic) bond motifs is 1. The minimum absolute atomic E-state index is 0.495. The first-order valence-corrected chi connectivity index (χ1v) is 9.08. The lowest BCUT2D eigenvalue weighted by Gasteiger charge is -2.28. The molecule has 2 aliphatic rings. The highest BCUT2D eigenvalue weighted by molar-refractivity contribution is 7.22. The lowest BCUT2D eigenvalue weighted by Crippen LogP contribution is -2.36. The average Bonchev–Trinajstić information content (AvgIpc) is 2.99. The molecule has 0 aliphatic carbocycles. The molecule has 4 rings (SSSR count). The number of ether oxygens (including phenoxy) is 1. The molecule has 118 valence electrons. The van der Waals surface area contributed by atoms with E-state index in [1.807, 2.05) is 0 Å². The second-order valence-electron chi connectivity index (χ2n) is 6.47. The van der Waals surface area contributed by atoms with Gasteiger partial charge in [-0.3, -0.25) is 0 Å². The largest absolute Gasteiger partial charge is 0.378 e. The molecule has 2 aromatic rings. The van der Waals surface area contributed by atoms with Crippen LogP contribution >= 0.6 is 11.3 Å². The van der Waals surface area contributed by atoms with Crippen LogP contribution in [-0.4, -0.2) is 37.8 Å². The van der Waals surface area contributed by atoms with Crippen LogP contribution in [0.1, 0.15) is 31.4 Å². The van der Waals surface area contributed by atoms with Crippen molar-refractivity contribution in [3.05, 3.63) is 23.8 Å². The number of nitrogens with zero attached hydrogens (tertiary/aromatic N) is 2. The first-order chi connectivity index (χ1) is 10.8. The Balaban J connectivity index is 1.58. The normalized spacial score (nSPS) is 26.5. The number of morpholine rings is 1. The first kappa shape index (κ1) is 14.4. The third-order valence-electron chi connectivity index (χ3n) is 4.75. The van der Waals surface area contributed by atoms with Crippen LogP contribution in [0.3, 0.4) is 0 Å². The summed E-state index contributed by atoms with van der Waals surface area (Å²) in [6.45, 7) is 6.97. The summed E-state index contributed by atoms with van der Waals surface area (Å²) in [5.74, 6) is 0.798. The van der Waals surface area contributed by atoms with Crippen LogP contribution in [0, 0.1) is 5.92 Å². The van der Waals surface area contributed by atoms with Gasteiger partial charge in [0.05, 0.1) is 23.4 Å². The van der Waals surface area contributed by atoms with Gasteiger partial charge in [0.2, 0.25) is 0 Å². The molecule has 0 spiro atoms. The molecule has 4 nitrogen and oxygen atoms in total. The summed E-state index contributed by atoms with van der Waals surface area (Å²) in [4.78, 5) is 7.21. The number of hydrogen-bond acceptors (Lipinski definition) is 5. The molecule has 2 aliphatic heterocycles. The lowest BCUT2D eigenvalue weighted by molar-refractivity contribution is 0.122. The number of aromatic nitrogens is 1. The summed E-state index contributed by atoms with van der Waals surface area (Å²) in [7, 11) is 0. The van der Waals surface area contributed by atoms with Gasteiger partial charge in [-0.1, -0.05) is 24.3 Å². The van der Waals surface area contributed by atoms with E-state index in [0.717, 1.165) is 49.4 Å². The van der Waals surface area contributed by atoms with Gasteiger partial charge in [-0.25, -0.2) is 4.98 Å². The van der Waals surface area contributed by atoms with E-state index in [4.69, 9.17) is 9.72 Å². The Bertz CT molecular complexity index is 642. The smallest absolute Gasteiger partial charge is 0.186 e. The fourth-order valence-electron chi connectivity index (χ4n) is 3.32. The molecule has 3 heterocycles. The van der Waals surface area contributed by atoms with Gasteiger partial charge < -0.3 is 15.0 Å². The molecule has 1 N–H and O–H groups in total. The number of piperidine rings is 1. The highest BCUT2D eigenvalue weighted by Crippen LogP contribution is 2.33. The molecule has 22 heavy (non-hydrogen) atoms. The summed E-state index contributed by atoms with van der Waals surface area (Å²) in [5, 5.41) is 4.81. The predicted octanol–water partition coefficient (Wildman–Crippen LogP) is 3.19. The molecular formula is C17H23N3OS. The number of anilines is 1. The highest BCUT2D eigenvalue weighted by Gasteiger charge is 2.20. The van der Waals surface area contributed by atoms with Gasteiger partial charge in [0.1, 0.15) is 0 Å². The maximum atomic E-state index is 5.43. The second-order valence-corrected chi connectivity index (χ2v) is 7.48. The zero-order chi connectivity index (χ0) is 14.9. The van der Waals surface area contributed by atoms with E-state index in [1.165, 1.54) is 23.1 Å². The van der Waals surface area contributed by atoms with E-state index in [9.17, 15) is 0 Å². The molecule has 2 fully saturated rings. The van der Waals surface area contributed by atoms with Gasteiger partial charge >= 0.3 is 0 Å². The van der Waals surface area contributed by atoms with Gasteiger partial charge in [0.25, 0.3) is 0 Å². The summed E-state index contributed by atoms with van der Waals surface area (Å²) in [5.41, 5.74) is 2.53. The zero-order valence-electron chi connectivity index (χ0n) is 13.0. The van der Waals surface area contributed by atoms with Crippen LogP contribution in [0.15, 0.2) is 18.2 Å². The van der Waals surface area contributed by atoms with E-state index in [-0.39, 0.29) is 0 Å². The van der Waals surface area contributed by atoms with Crippen LogP contribution < -0.4 is 10.2 Å². The van der Waals surface area contributed by atoms with E-state index < -0.39 is 0 Å². The van der Waals surface area contributed by atoms with E-state index in [0.29, 0.717) is 6.04 Å². The molecule has 0 amide bonds. The first-order valence-electron chi connectivity index (χ1n) is 8.26. The highest BCUT2D eigenvalue weighted by atomic mass is 32.1. The molecular weight excluding hydrogens is 294 g/mol. The van der Waals surface area contributed by atoms with Crippen molar-refractivity contribution in [3.63, 3.8) is 0 Å². The number of benzene rings is 1. The fraction of sp³-hybridized carbons (Fsp3) is 0.588. The standard InChI is InChI=1S/C17H23N3OS/c1-12-2-4-14(18-11-12)13-3-5-16-15(10-13)19-17(22-16)20-6-8-21-9-7-20/h3,5,10,12,14,18H,2,4,6-9,11H2,1H3/t12-,14+/m0/s1. The van der Waals surface area contributed by atoms with Gasteiger partial charge in [-0.15, -0.1) is 0 Å². The Kier molecular flexibility index (Phi) is 4.03. The van der Waals surface area contributed by atoms with E-state index in [2.05, 4.69) is 35.3 Å². The van der Waals surface area contributed by atoms with Crippen LogP contribution in [0.25, 0.3) is 10.2 Å². The molecule has 0 saturated carbocycles. The Morgan fingerprint density at radius 2 is 2.14 bits per heavy atom. The fourth-order valence-corrected chi connectivity index (χ4v) is 4.32. The van der Waals surface area contributed by atoms with Crippen molar-refractivity contribution < 1.29 is 4.74 Å². The van der Waals surface area contributed by atoms with Crippen molar-refractivity contribution in [1.82, 2.24) is 10.3 Å². The third-order valence-corrected chi connectivity index (χ3v) is 5.84. The van der Waals surface area contributed by atoms with Crippen LogP contribution in [0.2, 0.25) is 0 Å². The number of rotatable bonds is 2. The number of hydrogen-bond donors (Lipinski definition) is 1. The summed E-state index contributed by atoms with van der Waals surface area (Å²) >= 11 is 1.80. The summed E-state index contributed by atoms with van der Waals surface area (Å²) < 4.78 is 6.72. The summed E-state index contributed by atoms with van der Waals surface area (Å²) in [6.07, 6.45) is 2.54. The van der Waals surface area contributed by atoms with Crippen molar-refractivity contribution >= 4 is 26.7 Å². The predicted molar refractivity (Wildman–Crippen MR) is 91.8 cm³/mol. The van der Waals surface area contributed by atoms with E-state index in [1.54, 1.807) is 11.3 Å². The van der Waals surface area contributed by atoms with Crippen molar-refractivity contribution in [3.8, 4) is 0 Å². The molecule has 2 atom stereocenters. The maximum absolute atomic E-state index is 5.43. The van der Waals surface area contributed by atoms with Crippen molar-refractivity contribution in [2.45, 2.75) is 25.8 Å². The number of thiazole rings is 1. The SMILES string of the molecule is C[C@H]1CC[C@H](c2ccc3sc(N4CCOCC4)nc3c2)NC1. The Morgan fingerprint density at radius 1 is 1.27 bits per heavy atom. The third kappa shape index (κ3) is 2.85. The molecule has 2 saturated heterocycles. The molecule has 0 radical (unpaired) electrons. The number of nitrogens with one attached hydrogen (secondary N) is 1. The second kappa shape index (κ2) is 6.14. The minimum atomic E-state index is 0.495. The Hall–Kier alpha value is -1.17. The molecule has 1 aromatic heterocycles. The van der Waals surface area contributed by atoms with Crippen molar-refractivity contribution in [1.29, 1.82) is 0 Å². The van der Waals surface area contributed by atoms with Gasteiger partial charge in [0.15, 0.2) is 5.13 Å². The van der Waals surface area contributed by atoms with Gasteiger partial charge in [0, 0.05) is 19.1 Å². The monoisotopic (exact) mass is 317 g/mol. The molecule has 1 aromatic carbocycles. The molecule has 0 bridgehead atoms. The summed E-state index contributed by atoms with van der Waals surface area (Å²) in [6, 6.07) is 7.29. The topological polar surface area (TPSA) is 37.4 Å². The maximum Gasteiger partial charge on any atom is 0.186 e. The zero-order valence-corrected chi connectivity index (χ0v) is 13.9. The Morgan fingerprint density at radius 3 is 2.91 bits per heavy atom. The van der Waals surface area contributed by atoms with Crippen molar-refractivity contribution in [2.75, 3.05) is 37.7 Å². The molecule has 0 unspecified atom stereocenters. The molecule has 5 heteroatoms. The lowest BCUT2D eigenvalue weighted by atomic mass is 9.92. The Labute approximate surface area is 135 Å². The van der Waals surface area contributed by atoms with Gasteiger partial charge in [-0.05, 0) is 43.0 Å². The van der Waals surface area contributed by atoms with Crippen LogP contribution in [0.5, 0.6) is 0 Å².